The lowest BCUT2D eigenvalue weighted by Gasteiger charge is -2.06. The first-order valence-corrected chi connectivity index (χ1v) is 5.85. The number of hydrogen-bond acceptors (Lipinski definition) is 4. The van der Waals surface area contributed by atoms with Gasteiger partial charge in [0, 0.05) is 13.0 Å². The van der Waals surface area contributed by atoms with E-state index in [1.165, 1.54) is 4.68 Å². The van der Waals surface area contributed by atoms with Gasteiger partial charge < -0.3 is 0 Å². The van der Waals surface area contributed by atoms with Gasteiger partial charge in [0.25, 0.3) is 11.1 Å². The third-order valence-electron chi connectivity index (χ3n) is 2.83. The van der Waals surface area contributed by atoms with Crippen molar-refractivity contribution in [3.8, 4) is 0 Å². The Labute approximate surface area is 108 Å². The van der Waals surface area contributed by atoms with Crippen LogP contribution in [-0.2, 0) is 11.3 Å². The normalized spacial score (nSPS) is 10.6. The van der Waals surface area contributed by atoms with Gasteiger partial charge in [0.2, 0.25) is 5.91 Å². The fraction of sp³-hybridized carbons (Fsp3) is 0.250. The maximum atomic E-state index is 12.1. The smallest absolute Gasteiger partial charge is 0.273 e. The van der Waals surface area contributed by atoms with Gasteiger partial charge >= 0.3 is 0 Å². The van der Waals surface area contributed by atoms with Crippen molar-refractivity contribution in [3.63, 3.8) is 0 Å². The van der Waals surface area contributed by atoms with E-state index in [2.05, 4.69) is 5.10 Å². The molecular formula is C12H14N4O3. The summed E-state index contributed by atoms with van der Waals surface area (Å²) in [7, 11) is 0. The standard InChI is InChI=1S/C12H14N4O3/c13-14-10(17)6-3-7-16-12(19)9-5-2-1-4-8(9)11(18)15-16/h1-2,4-5H,3,6-7,13H2,(H,14,17)(H,15,18). The number of H-pyrrole nitrogens is 1. The van der Waals surface area contributed by atoms with Crippen molar-refractivity contribution in [1.82, 2.24) is 15.2 Å². The molecule has 0 fully saturated rings. The number of rotatable bonds is 4. The van der Waals surface area contributed by atoms with Crippen LogP contribution in [0.3, 0.4) is 0 Å². The van der Waals surface area contributed by atoms with Crippen LogP contribution in [0, 0.1) is 0 Å². The second-order valence-electron chi connectivity index (χ2n) is 4.11. The molecule has 100 valence electrons. The van der Waals surface area contributed by atoms with Crippen molar-refractivity contribution in [1.29, 1.82) is 0 Å². The minimum atomic E-state index is -0.321. The Kier molecular flexibility index (Phi) is 3.76. The third kappa shape index (κ3) is 2.71. The zero-order chi connectivity index (χ0) is 13.8. The SMILES string of the molecule is NNC(=O)CCCn1[nH]c(=O)c2ccccc2c1=O. The number of aromatic nitrogens is 2. The molecule has 0 unspecified atom stereocenters. The number of nitrogens with one attached hydrogen (secondary N) is 2. The summed E-state index contributed by atoms with van der Waals surface area (Å²) in [6.45, 7) is 0.256. The van der Waals surface area contributed by atoms with Gasteiger partial charge in [-0.25, -0.2) is 10.5 Å². The number of hydrogen-bond donors (Lipinski definition) is 3. The van der Waals surface area contributed by atoms with E-state index in [4.69, 9.17) is 5.84 Å². The van der Waals surface area contributed by atoms with Crippen LogP contribution in [0.15, 0.2) is 33.9 Å². The number of fused-ring (bicyclic) bond motifs is 1. The highest BCUT2D eigenvalue weighted by atomic mass is 16.2. The summed E-state index contributed by atoms with van der Waals surface area (Å²) in [5, 5.41) is 3.23. The fourth-order valence-electron chi connectivity index (χ4n) is 1.87. The van der Waals surface area contributed by atoms with E-state index in [9.17, 15) is 14.4 Å². The van der Waals surface area contributed by atoms with Gasteiger partial charge in [-0.15, -0.1) is 0 Å². The molecule has 1 aromatic heterocycles. The molecule has 2 rings (SSSR count). The molecule has 1 heterocycles. The molecule has 0 aliphatic rings. The highest BCUT2D eigenvalue weighted by Crippen LogP contribution is 2.02. The number of aromatic amines is 1. The number of amides is 1. The largest absolute Gasteiger partial charge is 0.294 e. The van der Waals surface area contributed by atoms with Crippen LogP contribution >= 0.6 is 0 Å². The van der Waals surface area contributed by atoms with Crippen LogP contribution in [-0.4, -0.2) is 15.7 Å². The van der Waals surface area contributed by atoms with E-state index in [0.29, 0.717) is 17.2 Å². The van der Waals surface area contributed by atoms with E-state index in [0.717, 1.165) is 0 Å². The molecule has 7 nitrogen and oxygen atoms in total. The number of carbonyl (C=O) groups is 1. The lowest BCUT2D eigenvalue weighted by atomic mass is 10.2. The number of nitrogens with zero attached hydrogens (tertiary/aromatic N) is 1. The molecule has 1 amide bonds. The van der Waals surface area contributed by atoms with E-state index in [1.807, 2.05) is 5.43 Å². The van der Waals surface area contributed by atoms with Crippen molar-refractivity contribution in [2.75, 3.05) is 0 Å². The van der Waals surface area contributed by atoms with Crippen LogP contribution in [0.1, 0.15) is 12.8 Å². The molecule has 0 bridgehead atoms. The molecule has 0 aliphatic carbocycles. The summed E-state index contributed by atoms with van der Waals surface area (Å²) in [6, 6.07) is 6.61. The zero-order valence-corrected chi connectivity index (χ0v) is 10.2. The van der Waals surface area contributed by atoms with Crippen LogP contribution < -0.4 is 22.4 Å². The number of nitrogens with two attached hydrogens (primary N) is 1. The van der Waals surface area contributed by atoms with Crippen LogP contribution in [0.4, 0.5) is 0 Å². The molecular weight excluding hydrogens is 248 g/mol. The molecule has 0 atom stereocenters. The van der Waals surface area contributed by atoms with Gasteiger partial charge in [-0.2, -0.15) is 0 Å². The lowest BCUT2D eigenvalue weighted by molar-refractivity contribution is -0.121. The van der Waals surface area contributed by atoms with E-state index in [-0.39, 0.29) is 30.0 Å². The van der Waals surface area contributed by atoms with Crippen molar-refractivity contribution in [3.05, 3.63) is 45.0 Å². The molecule has 7 heteroatoms. The molecule has 0 saturated heterocycles. The highest BCUT2D eigenvalue weighted by molar-refractivity contribution is 5.80. The first kappa shape index (κ1) is 13.0. The molecule has 19 heavy (non-hydrogen) atoms. The number of hydrazine groups is 1. The van der Waals surface area contributed by atoms with Gasteiger partial charge in [-0.1, -0.05) is 12.1 Å². The van der Waals surface area contributed by atoms with Gasteiger partial charge in [0.05, 0.1) is 10.8 Å². The predicted molar refractivity (Wildman–Crippen MR) is 70.4 cm³/mol. The average molecular weight is 262 g/mol. The van der Waals surface area contributed by atoms with Crippen molar-refractivity contribution in [2.24, 2.45) is 5.84 Å². The molecule has 0 spiro atoms. The quantitative estimate of drug-likeness (QED) is 0.390. The third-order valence-corrected chi connectivity index (χ3v) is 2.83. The second-order valence-corrected chi connectivity index (χ2v) is 4.11. The van der Waals surface area contributed by atoms with Crippen molar-refractivity contribution < 1.29 is 4.79 Å². The topological polar surface area (TPSA) is 110 Å². The number of carbonyl (C=O) groups excluding carboxylic acids is 1. The lowest BCUT2D eigenvalue weighted by Crippen LogP contribution is -2.32. The van der Waals surface area contributed by atoms with Crippen molar-refractivity contribution in [2.45, 2.75) is 19.4 Å². The average Bonchev–Trinajstić information content (AvgIpc) is 2.44. The monoisotopic (exact) mass is 262 g/mol. The molecule has 0 saturated carbocycles. The Morgan fingerprint density at radius 2 is 1.95 bits per heavy atom. The maximum absolute atomic E-state index is 12.1. The van der Waals surface area contributed by atoms with Gasteiger partial charge in [-0.3, -0.25) is 24.9 Å². The minimum absolute atomic E-state index is 0.192. The van der Waals surface area contributed by atoms with Gasteiger partial charge in [0.15, 0.2) is 0 Å². The Balaban J connectivity index is 2.30. The maximum Gasteiger partial charge on any atom is 0.273 e. The Morgan fingerprint density at radius 3 is 2.63 bits per heavy atom. The van der Waals surface area contributed by atoms with Gasteiger partial charge in [-0.05, 0) is 18.6 Å². The van der Waals surface area contributed by atoms with E-state index >= 15 is 0 Å². The molecule has 2 aromatic rings. The predicted octanol–water partition coefficient (Wildman–Crippen LogP) is -0.540. The van der Waals surface area contributed by atoms with Crippen molar-refractivity contribution >= 4 is 16.7 Å². The summed E-state index contributed by atoms with van der Waals surface area (Å²) in [6.07, 6.45) is 0.606. The Hall–Kier alpha value is -2.41. The summed E-state index contributed by atoms with van der Waals surface area (Å²) >= 11 is 0. The Morgan fingerprint density at radius 1 is 1.26 bits per heavy atom. The van der Waals surface area contributed by atoms with Crippen LogP contribution in [0.5, 0.6) is 0 Å². The van der Waals surface area contributed by atoms with Crippen LogP contribution in [0.2, 0.25) is 0 Å². The highest BCUT2D eigenvalue weighted by Gasteiger charge is 2.06. The summed E-state index contributed by atoms with van der Waals surface area (Å²) in [5.74, 6) is 4.64. The molecule has 4 N–H and O–H groups in total. The molecule has 0 radical (unpaired) electrons. The van der Waals surface area contributed by atoms with E-state index < -0.39 is 0 Å². The molecule has 0 aliphatic heterocycles. The summed E-state index contributed by atoms with van der Waals surface area (Å²) < 4.78 is 1.22. The fourth-order valence-corrected chi connectivity index (χ4v) is 1.87. The summed E-state index contributed by atoms with van der Waals surface area (Å²) in [5.41, 5.74) is 1.41. The number of aryl methyl sites for hydroxylation is 1. The first-order valence-electron chi connectivity index (χ1n) is 5.85. The zero-order valence-electron chi connectivity index (χ0n) is 10.2. The Bertz CT molecular complexity index is 717. The van der Waals surface area contributed by atoms with E-state index in [1.54, 1.807) is 24.3 Å². The summed E-state index contributed by atoms with van der Waals surface area (Å²) in [4.78, 5) is 34.9. The molecule has 1 aromatic carbocycles. The first-order chi connectivity index (χ1) is 9.13. The number of benzene rings is 1. The minimum Gasteiger partial charge on any atom is -0.294 e. The second kappa shape index (κ2) is 5.49. The van der Waals surface area contributed by atoms with Gasteiger partial charge in [0.1, 0.15) is 0 Å². The van der Waals surface area contributed by atoms with Crippen LogP contribution in [0.25, 0.3) is 10.8 Å².